The van der Waals surface area contributed by atoms with Crippen LogP contribution in [0, 0.1) is 0 Å². The third-order valence-electron chi connectivity index (χ3n) is 0. The van der Waals surface area contributed by atoms with Crippen molar-refractivity contribution in [3.63, 3.8) is 0 Å². The van der Waals surface area contributed by atoms with Crippen molar-refractivity contribution in [3.8, 4) is 0 Å². The Balaban J connectivity index is -0.0000000150. The Kier molecular flexibility index (Phi) is 52.0. The molecule has 26 valence electrons. The molecule has 0 aliphatic carbocycles. The zero-order valence-corrected chi connectivity index (χ0v) is 11.0. The average molecular weight is 162 g/mol. The molecule has 3 nitrogen and oxygen atoms in total. The van der Waals surface area contributed by atoms with Gasteiger partial charge >= 0.3 is 122 Å². The minimum atomic E-state index is -3.63. The van der Waals surface area contributed by atoms with Gasteiger partial charge in [0.15, 0.2) is 0 Å². The van der Waals surface area contributed by atoms with Crippen molar-refractivity contribution in [3.05, 3.63) is 0 Å². The fourth-order valence-electron chi connectivity index (χ4n) is 0. The Morgan fingerprint density at radius 3 is 1.14 bits per heavy atom. The van der Waals surface area contributed by atoms with Crippen LogP contribution in [0.4, 0.5) is 0 Å². The van der Waals surface area contributed by atoms with Crippen molar-refractivity contribution < 1.29 is 117 Å². The van der Waals surface area contributed by atoms with Gasteiger partial charge < -0.3 is 14.1 Å². The van der Waals surface area contributed by atoms with Gasteiger partial charge in [-0.25, -0.2) is 0 Å². The second kappa shape index (κ2) is 16.2. The maximum absolute atomic E-state index is 8.52. The van der Waals surface area contributed by atoms with Crippen molar-refractivity contribution >= 4 is 28.0 Å². The van der Waals surface area contributed by atoms with Gasteiger partial charge in [-0.2, -0.15) is 0 Å². The van der Waals surface area contributed by atoms with Gasteiger partial charge in [0.2, 0.25) is 0 Å². The van der Waals surface area contributed by atoms with Crippen LogP contribution in [0.15, 0.2) is 0 Å². The molecule has 7 heteroatoms. The van der Waals surface area contributed by atoms with Crippen molar-refractivity contribution in [2.45, 2.75) is 0 Å². The molecule has 0 fully saturated rings. The topological polar surface area (TPSA) is 63.2 Å². The molecule has 0 aliphatic heterocycles. The Labute approximate surface area is 141 Å². The molecule has 0 aromatic heterocycles. The molecule has 0 aromatic rings. The predicted molar refractivity (Wildman–Crippen MR) is 13.6 cm³/mol. The van der Waals surface area contributed by atoms with Gasteiger partial charge in [-0.3, -0.25) is 0 Å². The Morgan fingerprint density at radius 2 is 1.14 bits per heavy atom. The number of hydrogen-bond donors (Lipinski definition) is 0. The van der Waals surface area contributed by atoms with Gasteiger partial charge in [0, 0.05) is 9.17 Å². The summed E-state index contributed by atoms with van der Waals surface area (Å²) in [5, 5.41) is 0. The molecule has 0 saturated heterocycles. The van der Waals surface area contributed by atoms with Crippen LogP contribution in [-0.2, 0) is 4.46 Å². The first-order chi connectivity index (χ1) is 1.73. The second-order valence-corrected chi connectivity index (χ2v) is 0.750. The van der Waals surface area contributed by atoms with Crippen LogP contribution in [0.3, 0.4) is 0 Å². The van der Waals surface area contributed by atoms with Crippen LogP contribution in [0.2, 0.25) is 0 Å². The fourth-order valence-corrected chi connectivity index (χ4v) is 0. The maximum atomic E-state index is 8.52. The predicted octanol–water partition coefficient (Wildman–Crippen LogP) is -9.52. The summed E-state index contributed by atoms with van der Waals surface area (Å²) in [5.41, 5.74) is 0. The molecule has 0 heterocycles. The van der Waals surface area contributed by atoms with Gasteiger partial charge in [0.1, 0.15) is 0 Å². The Hall–Kier alpha value is 3.49. The molecule has 0 saturated carbocycles. The van der Waals surface area contributed by atoms with E-state index < -0.39 is 9.17 Å². The minimum absolute atomic E-state index is 0. The molecule has 0 bridgehead atoms. The summed E-state index contributed by atoms with van der Waals surface area (Å²) in [6, 6.07) is 0. The number of hydrogen-bond acceptors (Lipinski definition) is 3. The van der Waals surface area contributed by atoms with E-state index in [1.54, 1.807) is 0 Å². The van der Waals surface area contributed by atoms with E-state index in [1.165, 1.54) is 0 Å². The average Bonchev–Trinajstić information content (AvgIpc) is 0.811. The van der Waals surface area contributed by atoms with E-state index >= 15 is 0 Å². The first-order valence-corrected chi connectivity index (χ1v) is 1.84. The van der Waals surface area contributed by atoms with E-state index in [9.17, 15) is 0 Å². The van der Waals surface area contributed by atoms with Crippen molar-refractivity contribution in [2.24, 2.45) is 0 Å². The van der Waals surface area contributed by atoms with Gasteiger partial charge in [-0.15, -0.1) is 0 Å². The van der Waals surface area contributed by atoms with Crippen LogP contribution in [0.5, 0.6) is 0 Å². The molecule has 0 unspecified atom stereocenters. The van der Waals surface area contributed by atoms with Crippen molar-refractivity contribution in [1.29, 1.82) is 0 Å². The molecule has 0 atom stereocenters. The van der Waals surface area contributed by atoms with E-state index in [0.717, 1.165) is 0 Å². The van der Waals surface area contributed by atoms with Crippen LogP contribution < -0.4 is 112 Å². The molecule has 0 N–H and O–H groups in total. The van der Waals surface area contributed by atoms with E-state index in [2.05, 4.69) is 0 Å². The zero-order chi connectivity index (χ0) is 3.58. The molecule has 0 aliphatic rings. The summed E-state index contributed by atoms with van der Waals surface area (Å²) in [5.74, 6) is 0. The first kappa shape index (κ1) is 22.4. The third kappa shape index (κ3) is 43.7. The van der Waals surface area contributed by atoms with Crippen LogP contribution in [0.1, 0.15) is 0 Å². The van der Waals surface area contributed by atoms with Crippen LogP contribution in [-0.4, -0.2) is 28.0 Å². The summed E-state index contributed by atoms with van der Waals surface area (Å²) >= 11 is 0. The second-order valence-electron chi connectivity index (χ2n) is 0.250. The SMILES string of the molecule is O=[Si]([O-])[O-].[K+].[K+].[LiH]. The molecule has 0 rings (SSSR count). The summed E-state index contributed by atoms with van der Waals surface area (Å²) in [6.45, 7) is 0. The molecule has 0 radical (unpaired) electrons. The number of rotatable bonds is 0. The van der Waals surface area contributed by atoms with Gasteiger partial charge in [0.05, 0.1) is 0 Å². The van der Waals surface area contributed by atoms with E-state index in [4.69, 9.17) is 14.1 Å². The van der Waals surface area contributed by atoms with E-state index in [1.807, 2.05) is 0 Å². The summed E-state index contributed by atoms with van der Waals surface area (Å²) in [6.07, 6.45) is 0. The zero-order valence-electron chi connectivity index (χ0n) is 3.72. The monoisotopic (exact) mass is 162 g/mol. The molecule has 0 amide bonds. The summed E-state index contributed by atoms with van der Waals surface area (Å²) < 4.78 is 8.52. The summed E-state index contributed by atoms with van der Waals surface area (Å²) in [4.78, 5) is 17.0. The van der Waals surface area contributed by atoms with Crippen LogP contribution in [0.25, 0.3) is 0 Å². The normalized spacial score (nSPS) is 3.43. The van der Waals surface area contributed by atoms with Gasteiger partial charge in [-0.05, 0) is 0 Å². The standard InChI is InChI=1S/2K.Li.O3Si.H/c;;;1-4(2)3;/q2*+1;;-2;. The van der Waals surface area contributed by atoms with E-state index in [-0.39, 0.29) is 122 Å². The Morgan fingerprint density at radius 1 is 1.14 bits per heavy atom. The quantitative estimate of drug-likeness (QED) is 0.332. The van der Waals surface area contributed by atoms with Crippen LogP contribution >= 0.6 is 0 Å². The summed E-state index contributed by atoms with van der Waals surface area (Å²) in [7, 11) is -3.63. The van der Waals surface area contributed by atoms with Crippen molar-refractivity contribution in [2.75, 3.05) is 0 Å². The van der Waals surface area contributed by atoms with Gasteiger partial charge in [-0.1, -0.05) is 0 Å². The molecular formula is HK2LiO3Si. The third-order valence-corrected chi connectivity index (χ3v) is 0. The molecule has 0 aromatic carbocycles. The van der Waals surface area contributed by atoms with E-state index in [0.29, 0.717) is 0 Å². The van der Waals surface area contributed by atoms with Crippen molar-refractivity contribution in [1.82, 2.24) is 0 Å². The molecule has 0 spiro atoms. The molecular weight excluding hydrogens is 161 g/mol. The van der Waals surface area contributed by atoms with Gasteiger partial charge in [0.25, 0.3) is 0 Å². The Bertz CT molecular complexity index is 35.9. The first-order valence-electron chi connectivity index (χ1n) is 0.612. The fraction of sp³-hybridized carbons (Fsp3) is 0. The molecule has 7 heavy (non-hydrogen) atoms.